The second kappa shape index (κ2) is 4.99. The highest BCUT2D eigenvalue weighted by Crippen LogP contribution is 2.26. The zero-order valence-electron chi connectivity index (χ0n) is 7.98. The summed E-state index contributed by atoms with van der Waals surface area (Å²) < 4.78 is 51.0. The van der Waals surface area contributed by atoms with E-state index in [4.69, 9.17) is 17.4 Å². The van der Waals surface area contributed by atoms with Gasteiger partial charge in [0, 0.05) is 6.07 Å². The maximum Gasteiger partial charge on any atom is 0.338 e. The largest absolute Gasteiger partial charge is 0.338 e. The SMILES string of the molecule is NNC(Cc1cc(F)cc(F)c1)C(F)(F)Cl. The first-order chi connectivity index (χ1) is 7.32. The number of halogens is 5. The average molecular weight is 257 g/mol. The lowest BCUT2D eigenvalue weighted by Gasteiger charge is -2.20. The molecule has 0 saturated carbocycles. The summed E-state index contributed by atoms with van der Waals surface area (Å²) in [5, 5.41) is -3.60. The van der Waals surface area contributed by atoms with E-state index in [-0.39, 0.29) is 12.0 Å². The molecule has 0 amide bonds. The van der Waals surface area contributed by atoms with Crippen molar-refractivity contribution in [3.05, 3.63) is 35.4 Å². The van der Waals surface area contributed by atoms with Crippen molar-refractivity contribution in [1.82, 2.24) is 5.43 Å². The molecule has 0 radical (unpaired) electrons. The van der Waals surface area contributed by atoms with E-state index in [2.05, 4.69) is 0 Å². The number of rotatable bonds is 4. The van der Waals surface area contributed by atoms with Crippen molar-refractivity contribution >= 4 is 11.6 Å². The number of hydrogen-bond donors (Lipinski definition) is 2. The van der Waals surface area contributed by atoms with E-state index in [0.717, 1.165) is 12.1 Å². The Morgan fingerprint density at radius 2 is 1.75 bits per heavy atom. The molecule has 7 heteroatoms. The van der Waals surface area contributed by atoms with Crippen molar-refractivity contribution in [2.24, 2.45) is 5.84 Å². The van der Waals surface area contributed by atoms with Crippen molar-refractivity contribution in [1.29, 1.82) is 0 Å². The Morgan fingerprint density at radius 3 is 2.12 bits per heavy atom. The summed E-state index contributed by atoms with van der Waals surface area (Å²) >= 11 is 4.77. The van der Waals surface area contributed by atoms with E-state index < -0.39 is 23.1 Å². The van der Waals surface area contributed by atoms with Gasteiger partial charge in [-0.3, -0.25) is 5.84 Å². The van der Waals surface area contributed by atoms with Crippen LogP contribution in [0.25, 0.3) is 0 Å². The van der Waals surface area contributed by atoms with Gasteiger partial charge in [0.1, 0.15) is 17.7 Å². The second-order valence-corrected chi connectivity index (χ2v) is 3.75. The molecule has 1 aromatic carbocycles. The van der Waals surface area contributed by atoms with Crippen LogP contribution in [-0.2, 0) is 6.42 Å². The van der Waals surface area contributed by atoms with Crippen molar-refractivity contribution in [3.8, 4) is 0 Å². The smallest absolute Gasteiger partial charge is 0.271 e. The molecule has 0 aliphatic rings. The van der Waals surface area contributed by atoms with E-state index >= 15 is 0 Å². The third kappa shape index (κ3) is 3.62. The predicted molar refractivity (Wildman–Crippen MR) is 52.0 cm³/mol. The summed E-state index contributed by atoms with van der Waals surface area (Å²) in [6, 6.07) is 0.926. The van der Waals surface area contributed by atoms with Gasteiger partial charge in [0.05, 0.1) is 0 Å². The number of hydrogen-bond acceptors (Lipinski definition) is 2. The summed E-state index contributed by atoms with van der Waals surface area (Å²) in [7, 11) is 0. The normalized spacial score (nSPS) is 13.9. The van der Waals surface area contributed by atoms with Crippen molar-refractivity contribution in [2.45, 2.75) is 17.8 Å². The first kappa shape index (κ1) is 13.2. The molecule has 0 heterocycles. The number of nitrogens with two attached hydrogens (primary N) is 1. The molecular weight excluding hydrogens is 248 g/mol. The number of hydrazine groups is 1. The maximum atomic E-state index is 12.8. The fourth-order valence-corrected chi connectivity index (χ4v) is 1.37. The summed E-state index contributed by atoms with van der Waals surface area (Å²) in [6.07, 6.45) is -0.387. The third-order valence-electron chi connectivity index (χ3n) is 1.96. The van der Waals surface area contributed by atoms with Crippen LogP contribution >= 0.6 is 11.6 Å². The van der Waals surface area contributed by atoms with Crippen LogP contribution in [0.1, 0.15) is 5.56 Å². The van der Waals surface area contributed by atoms with Crippen LogP contribution in [0.15, 0.2) is 18.2 Å². The molecule has 16 heavy (non-hydrogen) atoms. The highest BCUT2D eigenvalue weighted by atomic mass is 35.5. The first-order valence-corrected chi connectivity index (χ1v) is 4.68. The Labute approximate surface area is 94.4 Å². The molecule has 0 bridgehead atoms. The molecule has 1 unspecified atom stereocenters. The Hall–Kier alpha value is -0.850. The number of nitrogens with one attached hydrogen (secondary N) is 1. The average Bonchev–Trinajstić information content (AvgIpc) is 2.10. The maximum absolute atomic E-state index is 12.8. The Kier molecular flexibility index (Phi) is 4.12. The van der Waals surface area contributed by atoms with Gasteiger partial charge < -0.3 is 0 Å². The highest BCUT2D eigenvalue weighted by Gasteiger charge is 2.36. The quantitative estimate of drug-likeness (QED) is 0.375. The van der Waals surface area contributed by atoms with Crippen LogP contribution in [-0.4, -0.2) is 11.4 Å². The predicted octanol–water partition coefficient (Wildman–Crippen LogP) is 2.17. The van der Waals surface area contributed by atoms with Crippen LogP contribution in [0, 0.1) is 11.6 Å². The molecular formula is C9H9ClF4N2. The van der Waals surface area contributed by atoms with Gasteiger partial charge in [0.25, 0.3) is 0 Å². The summed E-state index contributed by atoms with van der Waals surface area (Å²) in [5.41, 5.74) is 1.84. The van der Waals surface area contributed by atoms with Gasteiger partial charge in [-0.25, -0.2) is 14.2 Å². The summed E-state index contributed by atoms with van der Waals surface area (Å²) in [4.78, 5) is 0. The Morgan fingerprint density at radius 1 is 1.25 bits per heavy atom. The standard InChI is InChI=1S/C9H9ClF4N2/c10-9(13,14)8(16-15)3-5-1-6(11)4-7(12)2-5/h1-2,4,8,16H,3,15H2. The minimum absolute atomic E-state index is 0.0424. The molecule has 1 rings (SSSR count). The van der Waals surface area contributed by atoms with E-state index in [1.54, 1.807) is 5.43 Å². The van der Waals surface area contributed by atoms with Gasteiger partial charge >= 0.3 is 5.38 Å². The minimum Gasteiger partial charge on any atom is -0.271 e. The lowest BCUT2D eigenvalue weighted by atomic mass is 10.1. The zero-order chi connectivity index (χ0) is 12.3. The minimum atomic E-state index is -3.60. The second-order valence-electron chi connectivity index (χ2n) is 3.24. The fraction of sp³-hybridized carbons (Fsp3) is 0.333. The van der Waals surface area contributed by atoms with E-state index in [1.165, 1.54) is 0 Å². The van der Waals surface area contributed by atoms with Gasteiger partial charge in [0.15, 0.2) is 0 Å². The van der Waals surface area contributed by atoms with Gasteiger partial charge in [-0.05, 0) is 35.7 Å². The zero-order valence-corrected chi connectivity index (χ0v) is 8.74. The Bertz CT molecular complexity index is 347. The van der Waals surface area contributed by atoms with Gasteiger partial charge in [-0.2, -0.15) is 8.78 Å². The van der Waals surface area contributed by atoms with Gasteiger partial charge in [0.2, 0.25) is 0 Å². The lowest BCUT2D eigenvalue weighted by molar-refractivity contribution is 0.0502. The molecule has 90 valence electrons. The van der Waals surface area contributed by atoms with Crippen molar-refractivity contribution in [2.75, 3.05) is 0 Å². The fourth-order valence-electron chi connectivity index (χ4n) is 1.23. The van der Waals surface area contributed by atoms with Crippen LogP contribution in [0.5, 0.6) is 0 Å². The molecule has 2 nitrogen and oxygen atoms in total. The number of benzene rings is 1. The van der Waals surface area contributed by atoms with Gasteiger partial charge in [-0.1, -0.05) is 0 Å². The van der Waals surface area contributed by atoms with E-state index in [9.17, 15) is 17.6 Å². The van der Waals surface area contributed by atoms with Crippen molar-refractivity contribution < 1.29 is 17.6 Å². The third-order valence-corrected chi connectivity index (χ3v) is 2.22. The molecule has 0 fully saturated rings. The summed E-state index contributed by atoms with van der Waals surface area (Å²) in [5.74, 6) is 3.19. The molecule has 1 aromatic rings. The Balaban J connectivity index is 2.86. The molecule has 0 spiro atoms. The molecule has 0 aromatic heterocycles. The van der Waals surface area contributed by atoms with Crippen LogP contribution in [0.4, 0.5) is 17.6 Å². The molecule has 0 saturated heterocycles. The highest BCUT2D eigenvalue weighted by molar-refractivity contribution is 6.22. The molecule has 3 N–H and O–H groups in total. The molecule has 0 aliphatic carbocycles. The topological polar surface area (TPSA) is 38.0 Å². The molecule has 1 atom stereocenters. The van der Waals surface area contributed by atoms with Crippen LogP contribution in [0.3, 0.4) is 0 Å². The van der Waals surface area contributed by atoms with Crippen LogP contribution in [0.2, 0.25) is 0 Å². The van der Waals surface area contributed by atoms with Gasteiger partial charge in [-0.15, -0.1) is 0 Å². The van der Waals surface area contributed by atoms with E-state index in [1.807, 2.05) is 0 Å². The van der Waals surface area contributed by atoms with E-state index in [0.29, 0.717) is 6.07 Å². The monoisotopic (exact) mass is 256 g/mol. The lowest BCUT2D eigenvalue weighted by Crippen LogP contribution is -2.46. The molecule has 0 aliphatic heterocycles. The summed E-state index contributed by atoms with van der Waals surface area (Å²) in [6.45, 7) is 0. The van der Waals surface area contributed by atoms with Crippen molar-refractivity contribution in [3.63, 3.8) is 0 Å². The van der Waals surface area contributed by atoms with Crippen LogP contribution < -0.4 is 11.3 Å². The number of alkyl halides is 3. The first-order valence-electron chi connectivity index (χ1n) is 4.30.